The zero-order chi connectivity index (χ0) is 88.9. The highest BCUT2D eigenvalue weighted by Gasteiger charge is 2.20. The van der Waals surface area contributed by atoms with Crippen LogP contribution in [-0.2, 0) is 0 Å². The van der Waals surface area contributed by atoms with Crippen LogP contribution in [0, 0.1) is 30.3 Å². The van der Waals surface area contributed by atoms with Crippen LogP contribution in [0.1, 0.15) is 27.1 Å². The number of nitrogens with zero attached hydrogens (tertiary/aromatic N) is 11. The van der Waals surface area contributed by atoms with Gasteiger partial charge < -0.3 is 11.2 Å². The number of rotatable bonds is 20. The van der Waals surface area contributed by atoms with Gasteiger partial charge in [-0.2, -0.15) is 20.4 Å². The number of aromatic nitrogens is 8. The predicted octanol–water partition coefficient (Wildman–Crippen LogP) is 25.0. The Kier molecular flexibility index (Phi) is 29.2. The Hall–Kier alpha value is -17.3. The summed E-state index contributed by atoms with van der Waals surface area (Å²) in [5, 5.41) is 51.2. The molecule has 15 aromatic carbocycles. The average Bonchev–Trinajstić information content (AvgIpc) is 1.66. The largest absolute Gasteiger partial charge is 0.399 e. The molecule has 0 saturated heterocycles. The lowest BCUT2D eigenvalue weighted by atomic mass is 10.0. The number of benzene rings is 15. The molecule has 4 heterocycles. The first-order valence-electron chi connectivity index (χ1n) is 40.4. The Labute approximate surface area is 745 Å². The molecule has 0 atom stereocenters. The van der Waals surface area contributed by atoms with Crippen LogP contribution >= 0.6 is 15.9 Å². The van der Waals surface area contributed by atoms with Crippen molar-refractivity contribution in [1.82, 2.24) is 39.1 Å². The molecular weight excluding hydrogens is 1670 g/mol. The molecule has 128 heavy (non-hydrogen) atoms. The Balaban J connectivity index is 0.000000126. The molecule has 23 heteroatoms. The minimum absolute atomic E-state index is 0.0593. The number of nitrogens with two attached hydrogens (primary N) is 2. The number of non-ortho nitro benzene ring substituents is 3. The van der Waals surface area contributed by atoms with Crippen molar-refractivity contribution in [3.63, 3.8) is 0 Å². The Morgan fingerprint density at radius 3 is 0.711 bits per heavy atom. The summed E-state index contributed by atoms with van der Waals surface area (Å²) in [6.07, 6.45) is -0.0754. The normalized spacial score (nSPS) is 10.4. The fourth-order valence-electron chi connectivity index (χ4n) is 13.5. The second-order valence-corrected chi connectivity index (χ2v) is 29.5. The molecule has 0 unspecified atom stereocenters. The van der Waals surface area contributed by atoms with Crippen molar-refractivity contribution < 1.29 is 24.4 Å². The number of nitro groups is 3. The standard InChI is InChI=1S/C21H15BrN2.2C21H15N3O2.C21H17N3.C15H12O2.C6H7N3O2/c22-18-11-13-19(14-12-18)24-21(17-9-5-2-6-10-17)15-20(23-24)16-7-3-1-4-8-16;2*25-24(26)19-13-11-18(12-14-19)23-21(17-9-5-2-6-10-17)15-20(22-23)16-7-3-1-4-8-16;22-18-11-13-19(14-12-18)24-21(17-9-5-2-6-10-17)15-20(23-24)16-7-3-1-4-8-16;16-14(12-7-3-1-4-8-12)11-15(17)13-9-5-2-6-10-13;7-8-5-1-3-6(4-2-5)9(10)11/h1-15H;2*1-15H;1-15H,22H2;1-10H,11H2;1-4,8H,7H2. The van der Waals surface area contributed by atoms with Crippen LogP contribution in [0.25, 0.3) is 113 Å². The molecule has 4 aromatic heterocycles. The van der Waals surface area contributed by atoms with Gasteiger partial charge >= 0.3 is 0 Å². The van der Waals surface area contributed by atoms with Gasteiger partial charge in [0.2, 0.25) is 0 Å². The highest BCUT2D eigenvalue weighted by molar-refractivity contribution is 9.10. The number of nitro benzene ring substituents is 3. The van der Waals surface area contributed by atoms with Crippen molar-refractivity contribution in [2.75, 3.05) is 11.2 Å². The van der Waals surface area contributed by atoms with E-state index in [0.29, 0.717) is 16.8 Å². The second kappa shape index (κ2) is 43.0. The molecule has 22 nitrogen and oxygen atoms in total. The number of halogens is 1. The molecule has 5 N–H and O–H groups in total. The van der Waals surface area contributed by atoms with Gasteiger partial charge in [0.1, 0.15) is 0 Å². The molecule has 0 saturated carbocycles. The van der Waals surface area contributed by atoms with Crippen molar-refractivity contribution in [2.45, 2.75) is 6.42 Å². The Morgan fingerprint density at radius 1 is 0.281 bits per heavy atom. The number of hydrogen-bond acceptors (Lipinski definition) is 15. The lowest BCUT2D eigenvalue weighted by Crippen LogP contribution is -2.08. The molecule has 0 bridgehead atoms. The highest BCUT2D eigenvalue weighted by atomic mass is 79.9. The summed E-state index contributed by atoms with van der Waals surface area (Å²) in [6.45, 7) is 0. The van der Waals surface area contributed by atoms with Crippen LogP contribution in [0.3, 0.4) is 0 Å². The topological polar surface area (TPSA) is 299 Å². The van der Waals surface area contributed by atoms with Crippen molar-refractivity contribution >= 4 is 55.9 Å². The summed E-state index contributed by atoms with van der Waals surface area (Å²) in [6, 6.07) is 142. The van der Waals surface area contributed by atoms with E-state index in [1.54, 1.807) is 72.8 Å². The average molecular weight is 1750 g/mol. The molecule has 0 fully saturated rings. The molecular formula is C105H81BrN14O8. The van der Waals surface area contributed by atoms with Crippen molar-refractivity contribution in [3.8, 4) is 113 Å². The summed E-state index contributed by atoms with van der Waals surface area (Å²) in [4.78, 5) is 54.3. The first kappa shape index (κ1) is 87.1. The first-order chi connectivity index (χ1) is 62.6. The smallest absolute Gasteiger partial charge is 0.269 e. The molecule has 0 radical (unpaired) electrons. The van der Waals surface area contributed by atoms with Gasteiger partial charge in [-0.05, 0) is 109 Å². The molecule has 0 aliphatic carbocycles. The van der Waals surface area contributed by atoms with E-state index < -0.39 is 14.8 Å². The van der Waals surface area contributed by atoms with Gasteiger partial charge in [-0.15, -0.1) is 0 Å². The predicted molar refractivity (Wildman–Crippen MR) is 510 cm³/mol. The summed E-state index contributed by atoms with van der Waals surface area (Å²) in [7, 11) is 0. The van der Waals surface area contributed by atoms with Crippen molar-refractivity contribution in [1.29, 1.82) is 0 Å². The maximum atomic E-state index is 11.8. The van der Waals surface area contributed by atoms with Crippen LogP contribution < -0.4 is 17.0 Å². The number of Topliss-reactive ketones (excluding diaryl/α,β-unsaturated/α-hetero) is 2. The van der Waals surface area contributed by atoms with Gasteiger partial charge in [0.05, 0.1) is 89.5 Å². The minimum Gasteiger partial charge on any atom is -0.399 e. The van der Waals surface area contributed by atoms with Gasteiger partial charge in [0.15, 0.2) is 11.6 Å². The molecule has 0 aliphatic rings. The summed E-state index contributed by atoms with van der Waals surface area (Å²) in [5.41, 5.74) is 30.7. The van der Waals surface area contributed by atoms with Crippen molar-refractivity contribution in [3.05, 3.63) is 495 Å². The zero-order valence-corrected chi connectivity index (χ0v) is 70.2. The molecule has 19 rings (SSSR count). The van der Waals surface area contributed by atoms with Crippen LogP contribution in [0.15, 0.2) is 453 Å². The van der Waals surface area contributed by atoms with E-state index >= 15 is 0 Å². The highest BCUT2D eigenvalue weighted by Crippen LogP contribution is 2.35. The number of anilines is 2. The monoisotopic (exact) mass is 1740 g/mol. The third-order valence-corrected chi connectivity index (χ3v) is 20.5. The van der Waals surface area contributed by atoms with Crippen LogP contribution in [-0.4, -0.2) is 65.5 Å². The zero-order valence-electron chi connectivity index (χ0n) is 68.6. The minimum atomic E-state index is -0.458. The number of ketones is 2. The summed E-state index contributed by atoms with van der Waals surface area (Å²) in [5.74, 6) is 4.78. The van der Waals surface area contributed by atoms with Gasteiger partial charge in [0, 0.05) is 108 Å². The quantitative estimate of drug-likeness (QED) is 0.0160. The summed E-state index contributed by atoms with van der Waals surface area (Å²) >= 11 is 3.49. The Morgan fingerprint density at radius 2 is 0.484 bits per heavy atom. The number of hydrogen-bond donors (Lipinski definition) is 3. The number of nitrogen functional groups attached to an aromatic ring is 2. The molecule has 0 aliphatic heterocycles. The fraction of sp³-hybridized carbons (Fsp3) is 0.00952. The maximum absolute atomic E-state index is 11.8. The van der Waals surface area contributed by atoms with Gasteiger partial charge in [-0.3, -0.25) is 45.8 Å². The fourth-order valence-corrected chi connectivity index (χ4v) is 13.7. The van der Waals surface area contributed by atoms with E-state index in [9.17, 15) is 39.9 Å². The van der Waals surface area contributed by atoms with E-state index in [-0.39, 0.29) is 35.0 Å². The van der Waals surface area contributed by atoms with Gasteiger partial charge in [-0.1, -0.05) is 319 Å². The number of nitrogens with one attached hydrogen (secondary N) is 1. The second-order valence-electron chi connectivity index (χ2n) is 28.6. The van der Waals surface area contributed by atoms with E-state index in [4.69, 9.17) is 32.0 Å². The third-order valence-electron chi connectivity index (χ3n) is 20.0. The number of carbonyl (C=O) groups excluding carboxylic acids is 2. The van der Waals surface area contributed by atoms with Crippen LogP contribution in [0.4, 0.5) is 28.4 Å². The SMILES string of the molecule is Brc1ccc(-n2nc(-c3ccccc3)cc2-c2ccccc2)cc1.NNc1ccc([N+](=O)[O-])cc1.Nc1ccc(-n2nc(-c3ccccc3)cc2-c2ccccc2)cc1.O=C(CC(=O)c1ccccc1)c1ccccc1.O=[N+]([O-])c1ccc(-n2nc(-c3ccccc3)cc2-c2ccccc2)cc1.O=[N+]([O-])c1ccc(-n2nc(-c3ccccc3)cc2-c2ccccc2)cc1. The molecule has 0 amide bonds. The van der Waals surface area contributed by atoms with Gasteiger partial charge in [0.25, 0.3) is 17.1 Å². The van der Waals surface area contributed by atoms with Crippen LogP contribution in [0.2, 0.25) is 0 Å². The lowest BCUT2D eigenvalue weighted by Gasteiger charge is -2.07. The first-order valence-corrected chi connectivity index (χ1v) is 41.2. The van der Waals surface area contributed by atoms with E-state index in [1.807, 2.05) is 261 Å². The summed E-state index contributed by atoms with van der Waals surface area (Å²) < 4.78 is 8.67. The van der Waals surface area contributed by atoms with Crippen molar-refractivity contribution in [2.24, 2.45) is 5.84 Å². The third kappa shape index (κ3) is 22.9. The lowest BCUT2D eigenvalue weighted by molar-refractivity contribution is -0.385. The van der Waals surface area contributed by atoms with Gasteiger partial charge in [-0.25, -0.2) is 18.7 Å². The van der Waals surface area contributed by atoms with E-state index in [1.165, 1.54) is 48.5 Å². The Bertz CT molecular complexity index is 6440. The number of carbonyl (C=O) groups is 2. The molecule has 19 aromatic rings. The maximum Gasteiger partial charge on any atom is 0.269 e. The van der Waals surface area contributed by atoms with E-state index in [2.05, 4.69) is 106 Å². The molecule has 626 valence electrons. The number of hydrazine groups is 1. The van der Waals surface area contributed by atoms with Crippen LogP contribution in [0.5, 0.6) is 0 Å². The van der Waals surface area contributed by atoms with E-state index in [0.717, 1.165) is 123 Å². The molecule has 0 spiro atoms.